The van der Waals surface area contributed by atoms with Crippen LogP contribution in [-0.4, -0.2) is 36.5 Å². The fraction of sp³-hybridized carbons (Fsp3) is 0.450. The third-order valence-corrected chi connectivity index (χ3v) is 4.69. The van der Waals surface area contributed by atoms with Gasteiger partial charge in [-0.1, -0.05) is 30.3 Å². The lowest BCUT2D eigenvalue weighted by molar-refractivity contribution is 0.0902. The molecule has 4 nitrogen and oxygen atoms in total. The van der Waals surface area contributed by atoms with Crippen molar-refractivity contribution in [2.45, 2.75) is 39.2 Å². The van der Waals surface area contributed by atoms with Crippen LogP contribution in [0.1, 0.15) is 40.3 Å². The van der Waals surface area contributed by atoms with E-state index in [4.69, 9.17) is 4.42 Å². The summed E-state index contributed by atoms with van der Waals surface area (Å²) in [5.74, 6) is 1.46. The van der Waals surface area contributed by atoms with Crippen LogP contribution in [0.25, 0.3) is 0 Å². The lowest BCUT2D eigenvalue weighted by atomic mass is 10.0. The molecule has 0 spiro atoms. The molecule has 0 unspecified atom stereocenters. The number of carbonyl (C=O) groups is 1. The van der Waals surface area contributed by atoms with Crippen molar-refractivity contribution in [1.29, 1.82) is 0 Å². The summed E-state index contributed by atoms with van der Waals surface area (Å²) in [6.07, 6.45) is 3.23. The van der Waals surface area contributed by atoms with E-state index in [-0.39, 0.29) is 11.9 Å². The number of nitrogens with zero attached hydrogens (tertiary/aromatic N) is 1. The molecule has 1 aliphatic rings. The van der Waals surface area contributed by atoms with E-state index >= 15 is 0 Å². The predicted octanol–water partition coefficient (Wildman–Crippen LogP) is 3.33. The van der Waals surface area contributed by atoms with Gasteiger partial charge in [-0.05, 0) is 51.3 Å². The summed E-state index contributed by atoms with van der Waals surface area (Å²) in [6.45, 7) is 6.79. The van der Waals surface area contributed by atoms with E-state index in [0.717, 1.165) is 44.7 Å². The summed E-state index contributed by atoms with van der Waals surface area (Å²) in [5, 5.41) is 3.18. The second-order valence-corrected chi connectivity index (χ2v) is 6.68. The van der Waals surface area contributed by atoms with Crippen molar-refractivity contribution in [3.05, 3.63) is 59.0 Å². The summed E-state index contributed by atoms with van der Waals surface area (Å²) in [6, 6.07) is 12.6. The molecular formula is C20H26N2O2. The van der Waals surface area contributed by atoms with E-state index in [2.05, 4.69) is 40.5 Å². The number of piperidine rings is 1. The Balaban J connectivity index is 1.52. The summed E-state index contributed by atoms with van der Waals surface area (Å²) in [5.41, 5.74) is 2.03. The number of hydrogen-bond donors (Lipinski definition) is 1. The Hall–Kier alpha value is -2.07. The van der Waals surface area contributed by atoms with Crippen molar-refractivity contribution < 1.29 is 9.21 Å². The molecule has 1 saturated heterocycles. The maximum Gasteiger partial charge on any atom is 0.255 e. The number of carbonyl (C=O) groups excluding carboxylic acids is 1. The molecule has 1 fully saturated rings. The third kappa shape index (κ3) is 4.26. The molecule has 3 rings (SSSR count). The molecule has 0 saturated carbocycles. The van der Waals surface area contributed by atoms with Crippen LogP contribution in [0.4, 0.5) is 0 Å². The first-order chi connectivity index (χ1) is 11.6. The van der Waals surface area contributed by atoms with Crippen LogP contribution >= 0.6 is 0 Å². The number of aryl methyl sites for hydroxylation is 2. The highest BCUT2D eigenvalue weighted by molar-refractivity contribution is 5.95. The molecular weight excluding hydrogens is 300 g/mol. The number of benzene rings is 1. The predicted molar refractivity (Wildman–Crippen MR) is 95.3 cm³/mol. The first-order valence-corrected chi connectivity index (χ1v) is 8.76. The molecule has 0 bridgehead atoms. The Morgan fingerprint density at radius 1 is 1.29 bits per heavy atom. The molecule has 1 aliphatic heterocycles. The van der Waals surface area contributed by atoms with Gasteiger partial charge in [0, 0.05) is 19.1 Å². The smallest absolute Gasteiger partial charge is 0.255 e. The molecule has 0 aliphatic carbocycles. The standard InChI is InChI=1S/C20H26N2O2/c1-15-13-19(16(2)24-15)20(23)21-18-9-6-11-22(14-18)12-10-17-7-4-3-5-8-17/h3-5,7-8,13,18H,6,9-12,14H2,1-2H3,(H,21,23)/t18-/m0/s1. The number of amides is 1. The Morgan fingerprint density at radius 2 is 2.08 bits per heavy atom. The summed E-state index contributed by atoms with van der Waals surface area (Å²) in [4.78, 5) is 14.9. The Bertz CT molecular complexity index is 678. The molecule has 4 heteroatoms. The minimum Gasteiger partial charge on any atom is -0.466 e. The maximum atomic E-state index is 12.4. The molecule has 0 radical (unpaired) electrons. The number of nitrogens with one attached hydrogen (secondary N) is 1. The Morgan fingerprint density at radius 3 is 2.79 bits per heavy atom. The van der Waals surface area contributed by atoms with E-state index in [1.807, 2.05) is 19.9 Å². The molecule has 1 N–H and O–H groups in total. The first-order valence-electron chi connectivity index (χ1n) is 8.76. The van der Waals surface area contributed by atoms with Gasteiger partial charge in [-0.3, -0.25) is 4.79 Å². The van der Waals surface area contributed by atoms with Crippen LogP contribution in [0.2, 0.25) is 0 Å². The molecule has 1 amide bonds. The molecule has 2 heterocycles. The van der Waals surface area contributed by atoms with Crippen LogP contribution in [0, 0.1) is 13.8 Å². The lowest BCUT2D eigenvalue weighted by Crippen LogP contribution is -2.48. The Kier molecular flexibility index (Phi) is 5.36. The number of furan rings is 1. The van der Waals surface area contributed by atoms with Crippen molar-refractivity contribution in [2.75, 3.05) is 19.6 Å². The van der Waals surface area contributed by atoms with E-state index in [1.165, 1.54) is 5.56 Å². The van der Waals surface area contributed by atoms with Crippen LogP contribution < -0.4 is 5.32 Å². The van der Waals surface area contributed by atoms with Crippen LogP contribution in [0.15, 0.2) is 40.8 Å². The average molecular weight is 326 g/mol. The van der Waals surface area contributed by atoms with Crippen LogP contribution in [0.5, 0.6) is 0 Å². The van der Waals surface area contributed by atoms with Crippen molar-refractivity contribution in [2.24, 2.45) is 0 Å². The summed E-state index contributed by atoms with van der Waals surface area (Å²) >= 11 is 0. The molecule has 1 atom stereocenters. The van der Waals surface area contributed by atoms with Crippen molar-refractivity contribution in [1.82, 2.24) is 10.2 Å². The van der Waals surface area contributed by atoms with Gasteiger partial charge in [0.15, 0.2) is 0 Å². The van der Waals surface area contributed by atoms with Gasteiger partial charge in [-0.2, -0.15) is 0 Å². The SMILES string of the molecule is Cc1cc(C(=O)N[C@H]2CCCN(CCc3ccccc3)C2)c(C)o1. The zero-order valence-electron chi connectivity index (χ0n) is 14.5. The van der Waals surface area contributed by atoms with Gasteiger partial charge in [-0.25, -0.2) is 0 Å². The van der Waals surface area contributed by atoms with Gasteiger partial charge in [0.2, 0.25) is 0 Å². The average Bonchev–Trinajstić information content (AvgIpc) is 2.93. The highest BCUT2D eigenvalue weighted by Crippen LogP contribution is 2.16. The van der Waals surface area contributed by atoms with Crippen LogP contribution in [-0.2, 0) is 6.42 Å². The number of rotatable bonds is 5. The first kappa shape index (κ1) is 16.8. The monoisotopic (exact) mass is 326 g/mol. The normalized spacial score (nSPS) is 18.5. The summed E-state index contributed by atoms with van der Waals surface area (Å²) in [7, 11) is 0. The fourth-order valence-corrected chi connectivity index (χ4v) is 3.43. The zero-order chi connectivity index (χ0) is 16.9. The second kappa shape index (κ2) is 7.67. The van der Waals surface area contributed by atoms with Gasteiger partial charge in [0.05, 0.1) is 5.56 Å². The molecule has 2 aromatic rings. The minimum atomic E-state index is -0.0146. The lowest BCUT2D eigenvalue weighted by Gasteiger charge is -2.33. The minimum absolute atomic E-state index is 0.0146. The zero-order valence-corrected chi connectivity index (χ0v) is 14.5. The van der Waals surface area contributed by atoms with Gasteiger partial charge in [0.25, 0.3) is 5.91 Å². The summed E-state index contributed by atoms with van der Waals surface area (Å²) < 4.78 is 5.46. The van der Waals surface area contributed by atoms with Crippen molar-refractivity contribution >= 4 is 5.91 Å². The fourth-order valence-electron chi connectivity index (χ4n) is 3.43. The van der Waals surface area contributed by atoms with Gasteiger partial charge in [0.1, 0.15) is 11.5 Å². The molecule has 24 heavy (non-hydrogen) atoms. The van der Waals surface area contributed by atoms with E-state index in [0.29, 0.717) is 11.3 Å². The van der Waals surface area contributed by atoms with E-state index in [9.17, 15) is 4.79 Å². The van der Waals surface area contributed by atoms with E-state index in [1.54, 1.807) is 0 Å². The molecule has 1 aromatic heterocycles. The third-order valence-electron chi connectivity index (χ3n) is 4.69. The van der Waals surface area contributed by atoms with Crippen molar-refractivity contribution in [3.63, 3.8) is 0 Å². The number of hydrogen-bond acceptors (Lipinski definition) is 3. The molecule has 128 valence electrons. The molecule has 1 aromatic carbocycles. The second-order valence-electron chi connectivity index (χ2n) is 6.68. The largest absolute Gasteiger partial charge is 0.466 e. The van der Waals surface area contributed by atoms with Crippen molar-refractivity contribution in [3.8, 4) is 0 Å². The van der Waals surface area contributed by atoms with Gasteiger partial charge < -0.3 is 14.6 Å². The Labute approximate surface area is 143 Å². The van der Waals surface area contributed by atoms with Gasteiger partial charge in [-0.15, -0.1) is 0 Å². The quantitative estimate of drug-likeness (QED) is 0.916. The number of likely N-dealkylation sites (tertiary alicyclic amines) is 1. The maximum absolute atomic E-state index is 12.4. The van der Waals surface area contributed by atoms with Gasteiger partial charge >= 0.3 is 0 Å². The topological polar surface area (TPSA) is 45.5 Å². The highest BCUT2D eigenvalue weighted by atomic mass is 16.3. The highest BCUT2D eigenvalue weighted by Gasteiger charge is 2.23. The van der Waals surface area contributed by atoms with E-state index < -0.39 is 0 Å². The van der Waals surface area contributed by atoms with Crippen LogP contribution in [0.3, 0.4) is 0 Å².